The van der Waals surface area contributed by atoms with Gasteiger partial charge in [0.05, 0.1) is 11.3 Å². The van der Waals surface area contributed by atoms with E-state index in [1.165, 1.54) is 11.8 Å². The van der Waals surface area contributed by atoms with Crippen molar-refractivity contribution in [3.63, 3.8) is 0 Å². The minimum Gasteiger partial charge on any atom is -0.478 e. The molecule has 0 aliphatic rings. The Labute approximate surface area is 115 Å². The third kappa shape index (κ3) is 3.14. The number of carbonyl (C=O) groups is 1. The SMILES string of the molecule is Cc1cc(C)c(C(=O)O)c(SCc2ccn(C)n2)n1. The third-order valence-electron chi connectivity index (χ3n) is 2.65. The lowest BCUT2D eigenvalue weighted by Crippen LogP contribution is -2.05. The van der Waals surface area contributed by atoms with Crippen molar-refractivity contribution < 1.29 is 9.90 Å². The van der Waals surface area contributed by atoms with Gasteiger partial charge in [-0.15, -0.1) is 0 Å². The van der Waals surface area contributed by atoms with Crippen LogP contribution in [0.3, 0.4) is 0 Å². The second-order valence-electron chi connectivity index (χ2n) is 4.34. The molecule has 0 unspecified atom stereocenters. The van der Waals surface area contributed by atoms with Crippen molar-refractivity contribution >= 4 is 17.7 Å². The molecule has 0 fully saturated rings. The van der Waals surface area contributed by atoms with Crippen LogP contribution in [0.4, 0.5) is 0 Å². The number of aryl methyl sites for hydroxylation is 3. The molecule has 0 saturated carbocycles. The van der Waals surface area contributed by atoms with Crippen molar-refractivity contribution in [3.8, 4) is 0 Å². The Balaban J connectivity index is 2.26. The van der Waals surface area contributed by atoms with Crippen LogP contribution in [0.15, 0.2) is 23.4 Å². The van der Waals surface area contributed by atoms with Crippen molar-refractivity contribution in [2.24, 2.45) is 7.05 Å². The molecule has 0 radical (unpaired) electrons. The highest BCUT2D eigenvalue weighted by atomic mass is 32.2. The largest absolute Gasteiger partial charge is 0.478 e. The van der Waals surface area contributed by atoms with E-state index in [-0.39, 0.29) is 5.56 Å². The zero-order chi connectivity index (χ0) is 14.0. The number of hydrogen-bond donors (Lipinski definition) is 1. The van der Waals surface area contributed by atoms with E-state index in [0.717, 1.165) is 17.0 Å². The number of hydrogen-bond acceptors (Lipinski definition) is 4. The molecule has 0 bridgehead atoms. The lowest BCUT2D eigenvalue weighted by atomic mass is 10.1. The first kappa shape index (κ1) is 13.6. The lowest BCUT2D eigenvalue weighted by Gasteiger charge is -2.08. The Bertz CT molecular complexity index is 622. The predicted molar refractivity (Wildman–Crippen MR) is 73.4 cm³/mol. The van der Waals surface area contributed by atoms with Crippen molar-refractivity contribution in [2.75, 3.05) is 0 Å². The molecule has 0 saturated heterocycles. The average Bonchev–Trinajstić information content (AvgIpc) is 2.71. The molecular weight excluding hydrogens is 262 g/mol. The Hall–Kier alpha value is -1.82. The fourth-order valence-electron chi connectivity index (χ4n) is 1.85. The zero-order valence-corrected chi connectivity index (χ0v) is 11.9. The molecule has 5 nitrogen and oxygen atoms in total. The zero-order valence-electron chi connectivity index (χ0n) is 11.0. The predicted octanol–water partition coefficient (Wildman–Crippen LogP) is 2.42. The minimum absolute atomic E-state index is 0.284. The van der Waals surface area contributed by atoms with Crippen LogP contribution >= 0.6 is 11.8 Å². The van der Waals surface area contributed by atoms with Gasteiger partial charge in [0.2, 0.25) is 0 Å². The fraction of sp³-hybridized carbons (Fsp3) is 0.308. The van der Waals surface area contributed by atoms with Crippen molar-refractivity contribution in [2.45, 2.75) is 24.6 Å². The number of aromatic carboxylic acids is 1. The number of pyridine rings is 1. The van der Waals surface area contributed by atoms with Crippen LogP contribution in [-0.4, -0.2) is 25.8 Å². The van der Waals surface area contributed by atoms with Crippen LogP contribution in [-0.2, 0) is 12.8 Å². The monoisotopic (exact) mass is 277 g/mol. The van der Waals surface area contributed by atoms with Crippen LogP contribution < -0.4 is 0 Å². The van der Waals surface area contributed by atoms with E-state index in [9.17, 15) is 9.90 Å². The van der Waals surface area contributed by atoms with E-state index in [1.807, 2.05) is 26.2 Å². The highest BCUT2D eigenvalue weighted by Gasteiger charge is 2.16. The van der Waals surface area contributed by atoms with Crippen LogP contribution in [0.2, 0.25) is 0 Å². The molecule has 2 aromatic rings. The number of rotatable bonds is 4. The normalized spacial score (nSPS) is 10.7. The summed E-state index contributed by atoms with van der Waals surface area (Å²) in [7, 11) is 1.85. The third-order valence-corrected chi connectivity index (χ3v) is 3.66. The molecule has 0 aliphatic carbocycles. The second kappa shape index (κ2) is 5.44. The van der Waals surface area contributed by atoms with Gasteiger partial charge in [0.15, 0.2) is 0 Å². The van der Waals surface area contributed by atoms with E-state index in [2.05, 4.69) is 10.1 Å². The van der Waals surface area contributed by atoms with E-state index in [0.29, 0.717) is 10.8 Å². The van der Waals surface area contributed by atoms with Gasteiger partial charge in [0, 0.05) is 24.7 Å². The topological polar surface area (TPSA) is 68.0 Å². The molecule has 2 rings (SSSR count). The Kier molecular flexibility index (Phi) is 3.90. The van der Waals surface area contributed by atoms with Gasteiger partial charge in [-0.2, -0.15) is 5.10 Å². The van der Waals surface area contributed by atoms with Gasteiger partial charge in [-0.1, -0.05) is 11.8 Å². The lowest BCUT2D eigenvalue weighted by molar-refractivity contribution is 0.0691. The molecule has 0 amide bonds. The molecule has 19 heavy (non-hydrogen) atoms. The number of aromatic nitrogens is 3. The number of thioether (sulfide) groups is 1. The first-order valence-electron chi connectivity index (χ1n) is 5.80. The quantitative estimate of drug-likeness (QED) is 0.869. The Morgan fingerprint density at radius 1 is 1.47 bits per heavy atom. The average molecular weight is 277 g/mol. The summed E-state index contributed by atoms with van der Waals surface area (Å²) in [5, 5.41) is 14.1. The first-order chi connectivity index (χ1) is 8.97. The Morgan fingerprint density at radius 2 is 2.21 bits per heavy atom. The molecule has 1 N–H and O–H groups in total. The number of carboxylic acid groups (broad SMARTS) is 1. The van der Waals surface area contributed by atoms with E-state index in [1.54, 1.807) is 17.7 Å². The van der Waals surface area contributed by atoms with Gasteiger partial charge in [-0.3, -0.25) is 4.68 Å². The number of carboxylic acids is 1. The Morgan fingerprint density at radius 3 is 2.79 bits per heavy atom. The summed E-state index contributed by atoms with van der Waals surface area (Å²) in [6.45, 7) is 3.66. The van der Waals surface area contributed by atoms with Crippen molar-refractivity contribution in [1.82, 2.24) is 14.8 Å². The van der Waals surface area contributed by atoms with Crippen molar-refractivity contribution in [3.05, 3.63) is 40.8 Å². The molecule has 2 aromatic heterocycles. The molecule has 0 aliphatic heterocycles. The van der Waals surface area contributed by atoms with E-state index in [4.69, 9.17) is 0 Å². The summed E-state index contributed by atoms with van der Waals surface area (Å²) in [4.78, 5) is 15.6. The van der Waals surface area contributed by atoms with E-state index >= 15 is 0 Å². The maximum atomic E-state index is 11.3. The molecule has 2 heterocycles. The maximum absolute atomic E-state index is 11.3. The van der Waals surface area contributed by atoms with Crippen LogP contribution in [0, 0.1) is 13.8 Å². The van der Waals surface area contributed by atoms with Crippen LogP contribution in [0.25, 0.3) is 0 Å². The first-order valence-corrected chi connectivity index (χ1v) is 6.79. The van der Waals surface area contributed by atoms with Gasteiger partial charge in [-0.05, 0) is 31.5 Å². The summed E-state index contributed by atoms with van der Waals surface area (Å²) in [6, 6.07) is 3.70. The van der Waals surface area contributed by atoms with Gasteiger partial charge < -0.3 is 5.11 Å². The number of nitrogens with zero attached hydrogens (tertiary/aromatic N) is 3. The summed E-state index contributed by atoms with van der Waals surface area (Å²) < 4.78 is 1.73. The summed E-state index contributed by atoms with van der Waals surface area (Å²) in [5.74, 6) is -0.328. The molecule has 0 spiro atoms. The van der Waals surface area contributed by atoms with Gasteiger partial charge in [-0.25, -0.2) is 9.78 Å². The minimum atomic E-state index is -0.937. The van der Waals surface area contributed by atoms with Gasteiger partial charge in [0.1, 0.15) is 5.03 Å². The molecule has 100 valence electrons. The smallest absolute Gasteiger partial charge is 0.338 e. The van der Waals surface area contributed by atoms with Gasteiger partial charge >= 0.3 is 5.97 Å². The van der Waals surface area contributed by atoms with Crippen LogP contribution in [0.5, 0.6) is 0 Å². The maximum Gasteiger partial charge on any atom is 0.338 e. The van der Waals surface area contributed by atoms with E-state index < -0.39 is 5.97 Å². The highest BCUT2D eigenvalue weighted by molar-refractivity contribution is 7.98. The van der Waals surface area contributed by atoms with Gasteiger partial charge in [0.25, 0.3) is 0 Å². The molecular formula is C13H15N3O2S. The van der Waals surface area contributed by atoms with Crippen molar-refractivity contribution in [1.29, 1.82) is 0 Å². The molecule has 0 aromatic carbocycles. The highest BCUT2D eigenvalue weighted by Crippen LogP contribution is 2.26. The molecule has 0 atom stereocenters. The summed E-state index contributed by atoms with van der Waals surface area (Å²) >= 11 is 1.40. The van der Waals surface area contributed by atoms with Crippen LogP contribution in [0.1, 0.15) is 27.3 Å². The standard InChI is InChI=1S/C13H15N3O2S/c1-8-6-9(2)14-12(11(8)13(17)18)19-7-10-4-5-16(3)15-10/h4-6H,7H2,1-3H3,(H,17,18). The molecule has 6 heteroatoms. The summed E-state index contributed by atoms with van der Waals surface area (Å²) in [5.41, 5.74) is 2.76. The second-order valence-corrected chi connectivity index (χ2v) is 5.30. The fourth-order valence-corrected chi connectivity index (χ4v) is 2.89. The summed E-state index contributed by atoms with van der Waals surface area (Å²) in [6.07, 6.45) is 1.86.